The predicted octanol–water partition coefficient (Wildman–Crippen LogP) is 2.83. The van der Waals surface area contributed by atoms with Gasteiger partial charge in [0.15, 0.2) is 0 Å². The SMILES string of the molecule is OP(OCCBr)OCc1ccccc1. The van der Waals surface area contributed by atoms with E-state index in [2.05, 4.69) is 15.9 Å². The van der Waals surface area contributed by atoms with E-state index in [-0.39, 0.29) is 0 Å². The molecule has 0 aromatic heterocycles. The second kappa shape index (κ2) is 7.32. The summed E-state index contributed by atoms with van der Waals surface area (Å²) in [6, 6.07) is 9.67. The Morgan fingerprint density at radius 1 is 1.21 bits per heavy atom. The highest BCUT2D eigenvalue weighted by Crippen LogP contribution is 2.33. The van der Waals surface area contributed by atoms with Crippen molar-refractivity contribution in [1.29, 1.82) is 0 Å². The van der Waals surface area contributed by atoms with Crippen LogP contribution in [0.1, 0.15) is 5.56 Å². The van der Waals surface area contributed by atoms with Crippen LogP contribution in [0.4, 0.5) is 0 Å². The van der Waals surface area contributed by atoms with Crippen LogP contribution >= 0.6 is 24.5 Å². The lowest BCUT2D eigenvalue weighted by Gasteiger charge is -2.09. The second-order valence-electron chi connectivity index (χ2n) is 2.52. The first-order valence-electron chi connectivity index (χ1n) is 4.17. The topological polar surface area (TPSA) is 38.7 Å². The molecule has 0 amide bonds. The predicted molar refractivity (Wildman–Crippen MR) is 60.1 cm³/mol. The first kappa shape index (κ1) is 12.1. The summed E-state index contributed by atoms with van der Waals surface area (Å²) < 4.78 is 10.1. The summed E-state index contributed by atoms with van der Waals surface area (Å²) >= 11 is 3.19. The average molecular weight is 279 g/mol. The van der Waals surface area contributed by atoms with Crippen molar-refractivity contribution in [3.05, 3.63) is 35.9 Å². The van der Waals surface area contributed by atoms with Gasteiger partial charge in [-0.3, -0.25) is 0 Å². The molecule has 1 aromatic carbocycles. The molecular weight excluding hydrogens is 267 g/mol. The summed E-state index contributed by atoms with van der Waals surface area (Å²) in [5.74, 6) is 0. The zero-order valence-corrected chi connectivity index (χ0v) is 10.1. The number of benzene rings is 1. The monoisotopic (exact) mass is 278 g/mol. The molecule has 5 heteroatoms. The molecule has 0 radical (unpaired) electrons. The molecule has 78 valence electrons. The van der Waals surface area contributed by atoms with Gasteiger partial charge in [0.2, 0.25) is 0 Å². The normalized spacial score (nSPS) is 12.7. The highest BCUT2D eigenvalue weighted by atomic mass is 79.9. The molecule has 1 rings (SSSR count). The van der Waals surface area contributed by atoms with Crippen LogP contribution < -0.4 is 0 Å². The standard InChI is InChI=1S/C9H12BrO3P/c10-6-7-12-14(11)13-8-9-4-2-1-3-5-9/h1-5,11H,6-8H2. The van der Waals surface area contributed by atoms with E-state index in [0.717, 1.165) is 5.56 Å². The Labute approximate surface area is 93.2 Å². The minimum Gasteiger partial charge on any atom is -0.328 e. The van der Waals surface area contributed by atoms with E-state index < -0.39 is 8.60 Å². The van der Waals surface area contributed by atoms with Gasteiger partial charge >= 0.3 is 8.60 Å². The molecule has 0 aliphatic heterocycles. The lowest BCUT2D eigenvalue weighted by atomic mass is 10.2. The minimum atomic E-state index is -1.74. The van der Waals surface area contributed by atoms with Crippen molar-refractivity contribution in [1.82, 2.24) is 0 Å². The Hall–Kier alpha value is 0.0100. The van der Waals surface area contributed by atoms with Crippen LogP contribution in [0.15, 0.2) is 30.3 Å². The van der Waals surface area contributed by atoms with Gasteiger partial charge < -0.3 is 13.9 Å². The number of hydrogen-bond acceptors (Lipinski definition) is 3. The van der Waals surface area contributed by atoms with E-state index in [1.807, 2.05) is 30.3 Å². The lowest BCUT2D eigenvalue weighted by molar-refractivity contribution is 0.202. The molecule has 0 spiro atoms. The van der Waals surface area contributed by atoms with Gasteiger partial charge in [0.25, 0.3) is 0 Å². The summed E-state index contributed by atoms with van der Waals surface area (Å²) in [7, 11) is -1.74. The van der Waals surface area contributed by atoms with Crippen LogP contribution in [0.3, 0.4) is 0 Å². The van der Waals surface area contributed by atoms with Gasteiger partial charge in [0.1, 0.15) is 0 Å². The van der Waals surface area contributed by atoms with Crippen molar-refractivity contribution in [3.63, 3.8) is 0 Å². The number of rotatable bonds is 6. The maximum absolute atomic E-state index is 9.24. The molecule has 1 N–H and O–H groups in total. The van der Waals surface area contributed by atoms with E-state index >= 15 is 0 Å². The Kier molecular flexibility index (Phi) is 6.32. The molecule has 3 nitrogen and oxygen atoms in total. The van der Waals surface area contributed by atoms with Crippen LogP contribution in [0, 0.1) is 0 Å². The lowest BCUT2D eigenvalue weighted by Crippen LogP contribution is -1.94. The average Bonchev–Trinajstić information content (AvgIpc) is 2.25. The van der Waals surface area contributed by atoms with Crippen LogP contribution in [-0.4, -0.2) is 16.8 Å². The van der Waals surface area contributed by atoms with Crippen molar-refractivity contribution >= 4 is 24.5 Å². The van der Waals surface area contributed by atoms with Crippen LogP contribution in [0.2, 0.25) is 0 Å². The third-order valence-electron chi connectivity index (χ3n) is 1.46. The maximum atomic E-state index is 9.24. The van der Waals surface area contributed by atoms with Gasteiger partial charge in [-0.1, -0.05) is 46.3 Å². The van der Waals surface area contributed by atoms with Gasteiger partial charge in [-0.25, -0.2) is 0 Å². The fraction of sp³-hybridized carbons (Fsp3) is 0.333. The molecular formula is C9H12BrO3P. The first-order chi connectivity index (χ1) is 6.83. The van der Waals surface area contributed by atoms with Crippen LogP contribution in [-0.2, 0) is 15.7 Å². The van der Waals surface area contributed by atoms with Crippen molar-refractivity contribution < 1.29 is 13.9 Å². The highest BCUT2D eigenvalue weighted by Gasteiger charge is 2.05. The van der Waals surface area contributed by atoms with E-state index in [1.165, 1.54) is 0 Å². The molecule has 0 aliphatic rings. The summed E-state index contributed by atoms with van der Waals surface area (Å²) in [4.78, 5) is 9.24. The summed E-state index contributed by atoms with van der Waals surface area (Å²) in [6.07, 6.45) is 0. The third kappa shape index (κ3) is 5.03. The van der Waals surface area contributed by atoms with E-state index in [9.17, 15) is 4.89 Å². The largest absolute Gasteiger partial charge is 0.330 e. The fourth-order valence-electron chi connectivity index (χ4n) is 0.854. The number of halogens is 1. The van der Waals surface area contributed by atoms with E-state index in [0.29, 0.717) is 18.5 Å². The Balaban J connectivity index is 2.20. The Bertz CT molecular complexity index is 245. The van der Waals surface area contributed by atoms with Crippen LogP contribution in [0.5, 0.6) is 0 Å². The maximum Gasteiger partial charge on any atom is 0.330 e. The zero-order valence-electron chi connectivity index (χ0n) is 7.60. The zero-order chi connectivity index (χ0) is 10.2. The third-order valence-corrected chi connectivity index (χ3v) is 2.54. The van der Waals surface area contributed by atoms with Gasteiger partial charge in [-0.05, 0) is 5.56 Å². The smallest absolute Gasteiger partial charge is 0.328 e. The van der Waals surface area contributed by atoms with Crippen molar-refractivity contribution in [3.8, 4) is 0 Å². The molecule has 0 heterocycles. The van der Waals surface area contributed by atoms with Crippen molar-refractivity contribution in [2.24, 2.45) is 0 Å². The molecule has 1 unspecified atom stereocenters. The molecule has 0 bridgehead atoms. The molecule has 0 saturated carbocycles. The highest BCUT2D eigenvalue weighted by molar-refractivity contribution is 9.09. The second-order valence-corrected chi connectivity index (χ2v) is 4.30. The van der Waals surface area contributed by atoms with E-state index in [4.69, 9.17) is 9.05 Å². The molecule has 14 heavy (non-hydrogen) atoms. The number of alkyl halides is 1. The van der Waals surface area contributed by atoms with E-state index in [1.54, 1.807) is 0 Å². The quantitative estimate of drug-likeness (QED) is 0.642. The molecule has 0 fully saturated rings. The van der Waals surface area contributed by atoms with Gasteiger partial charge in [0.05, 0.1) is 13.2 Å². The molecule has 0 saturated heterocycles. The Morgan fingerprint density at radius 2 is 1.93 bits per heavy atom. The molecule has 0 aliphatic carbocycles. The molecule has 1 aromatic rings. The van der Waals surface area contributed by atoms with Gasteiger partial charge in [-0.2, -0.15) is 0 Å². The van der Waals surface area contributed by atoms with Gasteiger partial charge in [-0.15, -0.1) is 0 Å². The summed E-state index contributed by atoms with van der Waals surface area (Å²) in [5.41, 5.74) is 1.02. The van der Waals surface area contributed by atoms with Gasteiger partial charge in [0, 0.05) is 5.33 Å². The van der Waals surface area contributed by atoms with Crippen molar-refractivity contribution in [2.45, 2.75) is 6.61 Å². The van der Waals surface area contributed by atoms with Crippen molar-refractivity contribution in [2.75, 3.05) is 11.9 Å². The number of hydrogen-bond donors (Lipinski definition) is 1. The first-order valence-corrected chi connectivity index (χ1v) is 6.43. The summed E-state index contributed by atoms with van der Waals surface area (Å²) in [6.45, 7) is 0.836. The molecule has 1 atom stereocenters. The minimum absolute atomic E-state index is 0.380. The Morgan fingerprint density at radius 3 is 2.57 bits per heavy atom. The van der Waals surface area contributed by atoms with Crippen LogP contribution in [0.25, 0.3) is 0 Å². The summed E-state index contributed by atoms with van der Waals surface area (Å²) in [5, 5.41) is 0.696. The fourth-order valence-corrected chi connectivity index (χ4v) is 1.85.